The van der Waals surface area contributed by atoms with Crippen LogP contribution in [0.5, 0.6) is 0 Å². The molecular formula is C15H17F2NO2. The van der Waals surface area contributed by atoms with E-state index in [9.17, 15) is 18.4 Å². The van der Waals surface area contributed by atoms with E-state index < -0.39 is 6.43 Å². The average Bonchev–Trinajstić information content (AvgIpc) is 2.37. The molecule has 2 atom stereocenters. The fourth-order valence-electron chi connectivity index (χ4n) is 2.80. The molecule has 1 N–H and O–H groups in total. The quantitative estimate of drug-likeness (QED) is 0.866. The van der Waals surface area contributed by atoms with E-state index in [2.05, 4.69) is 5.32 Å². The van der Waals surface area contributed by atoms with Crippen molar-refractivity contribution in [1.82, 2.24) is 5.32 Å². The summed E-state index contributed by atoms with van der Waals surface area (Å²) in [4.78, 5) is 23.5. The minimum atomic E-state index is -2.56. The van der Waals surface area contributed by atoms with Crippen molar-refractivity contribution in [2.24, 2.45) is 11.8 Å². The number of carbonyl (C=O) groups excluding carboxylic acids is 2. The lowest BCUT2D eigenvalue weighted by atomic mass is 9.74. The van der Waals surface area contributed by atoms with Gasteiger partial charge in [-0.2, -0.15) is 0 Å². The van der Waals surface area contributed by atoms with Crippen LogP contribution < -0.4 is 5.32 Å². The Labute approximate surface area is 116 Å². The van der Waals surface area contributed by atoms with Crippen LogP contribution in [0.2, 0.25) is 0 Å². The molecule has 1 fully saturated rings. The number of nitrogens with one attached hydrogen (secondary N) is 1. The Kier molecular flexibility index (Phi) is 4.16. The third-order valence-corrected chi connectivity index (χ3v) is 3.71. The molecule has 0 bridgehead atoms. The number of carbonyl (C=O) groups is 2. The summed E-state index contributed by atoms with van der Waals surface area (Å²) in [6.07, 6.45) is -2.40. The number of hydrogen-bond acceptors (Lipinski definition) is 2. The van der Waals surface area contributed by atoms with Gasteiger partial charge in [-0.15, -0.1) is 0 Å². The third-order valence-electron chi connectivity index (χ3n) is 3.71. The topological polar surface area (TPSA) is 46.2 Å². The zero-order valence-electron chi connectivity index (χ0n) is 11.4. The Balaban J connectivity index is 2.39. The van der Waals surface area contributed by atoms with Crippen LogP contribution in [-0.4, -0.2) is 11.8 Å². The number of hydrogen-bond donors (Lipinski definition) is 1. The Morgan fingerprint density at radius 1 is 1.25 bits per heavy atom. The van der Waals surface area contributed by atoms with Crippen LogP contribution in [0.1, 0.15) is 43.7 Å². The van der Waals surface area contributed by atoms with Crippen LogP contribution >= 0.6 is 0 Å². The summed E-state index contributed by atoms with van der Waals surface area (Å²) in [6, 6.07) is 6.00. The van der Waals surface area contributed by atoms with Gasteiger partial charge in [-0.1, -0.05) is 32.0 Å². The molecule has 1 aliphatic heterocycles. The van der Waals surface area contributed by atoms with Gasteiger partial charge in [-0.3, -0.25) is 14.9 Å². The van der Waals surface area contributed by atoms with Crippen LogP contribution in [-0.2, 0) is 9.59 Å². The molecule has 0 spiro atoms. The smallest absolute Gasteiger partial charge is 0.263 e. The molecule has 0 aromatic heterocycles. The van der Waals surface area contributed by atoms with Crippen molar-refractivity contribution in [3.63, 3.8) is 0 Å². The van der Waals surface area contributed by atoms with Crippen molar-refractivity contribution in [2.45, 2.75) is 32.6 Å². The van der Waals surface area contributed by atoms with E-state index in [0.717, 1.165) is 0 Å². The maximum Gasteiger partial charge on any atom is 0.263 e. The monoisotopic (exact) mass is 281 g/mol. The van der Waals surface area contributed by atoms with Gasteiger partial charge in [0, 0.05) is 23.8 Å². The Morgan fingerprint density at radius 2 is 1.95 bits per heavy atom. The van der Waals surface area contributed by atoms with Crippen molar-refractivity contribution >= 4 is 11.8 Å². The molecule has 0 aliphatic carbocycles. The summed E-state index contributed by atoms with van der Waals surface area (Å²) in [7, 11) is 0. The highest BCUT2D eigenvalue weighted by atomic mass is 19.3. The molecule has 2 unspecified atom stereocenters. The second-order valence-electron chi connectivity index (χ2n) is 5.46. The number of piperidine rings is 1. The SMILES string of the molecule is CC(C)C1C(=O)NC(=O)CC1c1cccc(C(F)F)c1. The number of benzene rings is 1. The summed E-state index contributed by atoms with van der Waals surface area (Å²) >= 11 is 0. The predicted molar refractivity (Wildman–Crippen MR) is 70.2 cm³/mol. The van der Waals surface area contributed by atoms with Gasteiger partial charge in [0.2, 0.25) is 11.8 Å². The van der Waals surface area contributed by atoms with Crippen LogP contribution in [0.15, 0.2) is 24.3 Å². The summed E-state index contributed by atoms with van der Waals surface area (Å²) in [6.45, 7) is 3.79. The van der Waals surface area contributed by atoms with Gasteiger partial charge in [0.05, 0.1) is 0 Å². The van der Waals surface area contributed by atoms with Gasteiger partial charge >= 0.3 is 0 Å². The molecule has 1 aromatic rings. The third kappa shape index (κ3) is 2.86. The first-order valence-electron chi connectivity index (χ1n) is 6.62. The molecule has 0 radical (unpaired) electrons. The highest BCUT2D eigenvalue weighted by Gasteiger charge is 2.38. The van der Waals surface area contributed by atoms with Gasteiger partial charge in [0.25, 0.3) is 6.43 Å². The van der Waals surface area contributed by atoms with Crippen molar-refractivity contribution in [3.8, 4) is 0 Å². The van der Waals surface area contributed by atoms with Crippen LogP contribution in [0.4, 0.5) is 8.78 Å². The first-order valence-corrected chi connectivity index (χ1v) is 6.62. The first-order chi connectivity index (χ1) is 9.40. The maximum absolute atomic E-state index is 12.8. The second-order valence-corrected chi connectivity index (χ2v) is 5.46. The number of amides is 2. The number of alkyl halides is 2. The molecule has 1 heterocycles. The molecular weight excluding hydrogens is 264 g/mol. The summed E-state index contributed by atoms with van der Waals surface area (Å²) in [5.41, 5.74) is 0.549. The maximum atomic E-state index is 12.8. The molecule has 1 aliphatic rings. The Morgan fingerprint density at radius 3 is 2.55 bits per heavy atom. The molecule has 3 nitrogen and oxygen atoms in total. The lowest BCUT2D eigenvalue weighted by Crippen LogP contribution is -2.46. The highest BCUT2D eigenvalue weighted by molar-refractivity contribution is 6.00. The van der Waals surface area contributed by atoms with E-state index >= 15 is 0 Å². The van der Waals surface area contributed by atoms with Crippen molar-refractivity contribution in [3.05, 3.63) is 35.4 Å². The molecule has 0 saturated carbocycles. The second kappa shape index (κ2) is 5.69. The van der Waals surface area contributed by atoms with Crippen LogP contribution in [0.3, 0.4) is 0 Å². The van der Waals surface area contributed by atoms with Crippen LogP contribution in [0, 0.1) is 11.8 Å². The molecule has 1 aromatic carbocycles. The van der Waals surface area contributed by atoms with E-state index in [-0.39, 0.29) is 41.6 Å². The van der Waals surface area contributed by atoms with Gasteiger partial charge in [0.1, 0.15) is 0 Å². The molecule has 108 valence electrons. The minimum absolute atomic E-state index is 0.0308. The van der Waals surface area contributed by atoms with E-state index in [4.69, 9.17) is 0 Å². The Bertz CT molecular complexity index is 528. The zero-order valence-corrected chi connectivity index (χ0v) is 11.4. The molecule has 1 saturated heterocycles. The van der Waals surface area contributed by atoms with E-state index in [1.54, 1.807) is 12.1 Å². The molecule has 2 amide bonds. The highest BCUT2D eigenvalue weighted by Crippen LogP contribution is 2.37. The lowest BCUT2D eigenvalue weighted by Gasteiger charge is -2.33. The molecule has 20 heavy (non-hydrogen) atoms. The molecule has 5 heteroatoms. The van der Waals surface area contributed by atoms with Gasteiger partial charge in [-0.25, -0.2) is 8.78 Å². The van der Waals surface area contributed by atoms with Gasteiger partial charge in [-0.05, 0) is 17.5 Å². The normalized spacial score (nSPS) is 23.3. The number of halogens is 2. The molecule has 2 rings (SSSR count). The summed E-state index contributed by atoms with van der Waals surface area (Å²) in [5, 5.41) is 2.32. The summed E-state index contributed by atoms with van der Waals surface area (Å²) in [5.74, 6) is -1.35. The fourth-order valence-corrected chi connectivity index (χ4v) is 2.80. The lowest BCUT2D eigenvalue weighted by molar-refractivity contribution is -0.138. The largest absolute Gasteiger partial charge is 0.296 e. The van der Waals surface area contributed by atoms with E-state index in [1.165, 1.54) is 12.1 Å². The zero-order chi connectivity index (χ0) is 14.9. The van der Waals surface area contributed by atoms with Crippen LogP contribution in [0.25, 0.3) is 0 Å². The Hall–Kier alpha value is -1.78. The summed E-state index contributed by atoms with van der Waals surface area (Å²) < 4.78 is 25.6. The predicted octanol–water partition coefficient (Wildman–Crippen LogP) is 3.03. The average molecular weight is 281 g/mol. The first kappa shape index (κ1) is 14.6. The standard InChI is InChI=1S/C15H17F2NO2/c1-8(2)13-11(7-12(19)18-15(13)20)9-4-3-5-10(6-9)14(16)17/h3-6,8,11,13-14H,7H2,1-2H3,(H,18,19,20). The van der Waals surface area contributed by atoms with E-state index in [0.29, 0.717) is 5.56 Å². The van der Waals surface area contributed by atoms with Gasteiger partial charge < -0.3 is 0 Å². The fraction of sp³-hybridized carbons (Fsp3) is 0.467. The van der Waals surface area contributed by atoms with Crippen molar-refractivity contribution in [1.29, 1.82) is 0 Å². The van der Waals surface area contributed by atoms with Crippen molar-refractivity contribution in [2.75, 3.05) is 0 Å². The van der Waals surface area contributed by atoms with Crippen molar-refractivity contribution < 1.29 is 18.4 Å². The van der Waals surface area contributed by atoms with Gasteiger partial charge in [0.15, 0.2) is 0 Å². The van der Waals surface area contributed by atoms with E-state index in [1.807, 2.05) is 13.8 Å². The number of imide groups is 1. The minimum Gasteiger partial charge on any atom is -0.296 e. The number of rotatable bonds is 3.